The number of hydrogen-bond donors (Lipinski definition) is 0. The molecule has 5 heteroatoms. The average Bonchev–Trinajstić information content (AvgIpc) is 1.62. The summed E-state index contributed by atoms with van der Waals surface area (Å²) in [5.41, 5.74) is 0.727. The second-order valence-electron chi connectivity index (χ2n) is 1.61. The number of rotatable bonds is 2. The molecule has 0 fully saturated rings. The van der Waals surface area contributed by atoms with Gasteiger partial charge in [0.1, 0.15) is 0 Å². The predicted molar refractivity (Wildman–Crippen MR) is 43.8 cm³/mol. The van der Waals surface area contributed by atoms with E-state index in [1.807, 2.05) is 0 Å². The highest BCUT2D eigenvalue weighted by atomic mass is 35.9. The molecule has 0 amide bonds. The molecule has 0 saturated carbocycles. The fourth-order valence-corrected chi connectivity index (χ4v) is 2.08. The Morgan fingerprint density at radius 1 is 1.67 bits per heavy atom. The Balaban J connectivity index is 4.13. The van der Waals surface area contributed by atoms with Gasteiger partial charge in [0.15, 0.2) is 0 Å². The molecule has 0 rings (SSSR count). The quantitative estimate of drug-likeness (QED) is 0.497. The lowest BCUT2D eigenvalue weighted by molar-refractivity contribution is 0.597. The molecule has 0 atom stereocenters. The van der Waals surface area contributed by atoms with E-state index in [1.54, 1.807) is 6.92 Å². The van der Waals surface area contributed by atoms with Crippen molar-refractivity contribution in [3.8, 4) is 0 Å². The van der Waals surface area contributed by atoms with Crippen molar-refractivity contribution in [3.63, 3.8) is 0 Å². The van der Waals surface area contributed by atoms with Gasteiger partial charge in [-0.2, -0.15) is 0 Å². The summed E-state index contributed by atoms with van der Waals surface area (Å²) >= 11 is 15.7. The van der Waals surface area contributed by atoms with E-state index in [9.17, 15) is 4.57 Å². The van der Waals surface area contributed by atoms with Crippen molar-refractivity contribution >= 4 is 39.9 Å². The van der Waals surface area contributed by atoms with Crippen LogP contribution in [0.25, 0.3) is 0 Å². The minimum Gasteiger partial charge on any atom is -0.285 e. The van der Waals surface area contributed by atoms with Gasteiger partial charge < -0.3 is 0 Å². The molecule has 0 bridgehead atoms. The Morgan fingerprint density at radius 3 is 2.22 bits per heavy atom. The van der Waals surface area contributed by atoms with E-state index in [-0.39, 0.29) is 0 Å². The van der Waals surface area contributed by atoms with E-state index in [0.717, 1.165) is 5.57 Å². The third kappa shape index (κ3) is 6.73. The van der Waals surface area contributed by atoms with Crippen LogP contribution in [-0.4, -0.2) is 5.88 Å². The first kappa shape index (κ1) is 9.84. The lowest BCUT2D eigenvalue weighted by atomic mass is 10.4. The highest BCUT2D eigenvalue weighted by Crippen LogP contribution is 2.58. The Hall–Kier alpha value is 0.840. The molecule has 0 aliphatic rings. The zero-order valence-electron chi connectivity index (χ0n) is 4.77. The number of alkyl halides is 1. The molecular weight excluding hydrogens is 201 g/mol. The maximum absolute atomic E-state index is 10.6. The third-order valence-corrected chi connectivity index (χ3v) is 2.33. The molecule has 0 radical (unpaired) electrons. The summed E-state index contributed by atoms with van der Waals surface area (Å²) in [6, 6.07) is 0. The molecule has 0 aromatic heterocycles. The summed E-state index contributed by atoms with van der Waals surface area (Å²) in [6.07, 6.45) is 0. The fraction of sp³-hybridized carbons (Fsp3) is 0.500. The monoisotopic (exact) mass is 206 g/mol. The van der Waals surface area contributed by atoms with Gasteiger partial charge >= 0.3 is 0 Å². The Labute approximate surface area is 68.9 Å². The first-order chi connectivity index (χ1) is 3.95. The largest absolute Gasteiger partial charge is 0.285 e. The van der Waals surface area contributed by atoms with Crippen LogP contribution in [0, 0.1) is 0 Å². The molecule has 0 aromatic carbocycles. The van der Waals surface area contributed by atoms with Crippen molar-refractivity contribution in [2.75, 3.05) is 5.88 Å². The van der Waals surface area contributed by atoms with Gasteiger partial charge in [0.2, 0.25) is 0 Å². The summed E-state index contributed by atoms with van der Waals surface area (Å²) in [6.45, 7) is 1.71. The summed E-state index contributed by atoms with van der Waals surface area (Å²) in [7, 11) is 0. The van der Waals surface area contributed by atoms with Gasteiger partial charge in [-0.25, -0.2) is 0 Å². The summed E-state index contributed by atoms with van der Waals surface area (Å²) in [5, 5.41) is 0. The fourth-order valence-electron chi connectivity index (χ4n) is 0.291. The lowest BCUT2D eigenvalue weighted by Gasteiger charge is -1.93. The Morgan fingerprint density at radius 2 is 2.11 bits per heavy atom. The smallest absolute Gasteiger partial charge is 0.274 e. The number of halogens is 3. The average molecular weight is 207 g/mol. The molecular formula is C4H6Cl3OP. The Kier molecular flexibility index (Phi) is 4.24. The lowest BCUT2D eigenvalue weighted by Crippen LogP contribution is -1.72. The van der Waals surface area contributed by atoms with Crippen molar-refractivity contribution in [2.45, 2.75) is 6.92 Å². The van der Waals surface area contributed by atoms with Gasteiger partial charge in [0, 0.05) is 11.7 Å². The molecule has 0 saturated heterocycles. The Bertz CT molecular complexity index is 159. The molecule has 0 aromatic rings. The molecule has 0 aliphatic heterocycles. The second-order valence-corrected chi connectivity index (χ2v) is 6.67. The van der Waals surface area contributed by atoms with E-state index >= 15 is 0 Å². The van der Waals surface area contributed by atoms with E-state index in [1.165, 1.54) is 5.82 Å². The van der Waals surface area contributed by atoms with Crippen molar-refractivity contribution in [2.24, 2.45) is 0 Å². The standard InChI is InChI=1S/C4H6Cl3OP/c1-4(2-5)3-9(6,7)8/h3H,2H2,1H3. The van der Waals surface area contributed by atoms with E-state index in [2.05, 4.69) is 0 Å². The summed E-state index contributed by atoms with van der Waals surface area (Å²) in [4.78, 5) is 0. The van der Waals surface area contributed by atoms with Crippen LogP contribution in [0.1, 0.15) is 6.92 Å². The molecule has 54 valence electrons. The zero-order valence-corrected chi connectivity index (χ0v) is 7.94. The van der Waals surface area contributed by atoms with E-state index < -0.39 is 5.85 Å². The SMILES string of the molecule is CC(=CP(=O)(Cl)Cl)CCl. The highest BCUT2D eigenvalue weighted by molar-refractivity contribution is 8.10. The first-order valence-corrected chi connectivity index (χ1v) is 6.31. The van der Waals surface area contributed by atoms with E-state index in [0.29, 0.717) is 5.88 Å². The third-order valence-electron chi connectivity index (χ3n) is 0.581. The normalized spacial score (nSPS) is 14.0. The minimum absolute atomic E-state index is 0.309. The van der Waals surface area contributed by atoms with Crippen molar-refractivity contribution in [1.29, 1.82) is 0 Å². The van der Waals surface area contributed by atoms with Crippen molar-refractivity contribution in [1.82, 2.24) is 0 Å². The van der Waals surface area contributed by atoms with Gasteiger partial charge in [-0.15, -0.1) is 11.6 Å². The number of allylic oxidation sites excluding steroid dienone is 1. The van der Waals surface area contributed by atoms with Crippen LogP contribution in [-0.2, 0) is 4.57 Å². The van der Waals surface area contributed by atoms with Gasteiger partial charge in [-0.3, -0.25) is 4.57 Å². The molecule has 0 heterocycles. The predicted octanol–water partition coefficient (Wildman–Crippen LogP) is 3.80. The van der Waals surface area contributed by atoms with Crippen molar-refractivity contribution < 1.29 is 4.57 Å². The van der Waals surface area contributed by atoms with Crippen LogP contribution < -0.4 is 0 Å². The molecule has 0 unspecified atom stereocenters. The second kappa shape index (κ2) is 3.88. The zero-order chi connectivity index (χ0) is 7.49. The summed E-state index contributed by atoms with van der Waals surface area (Å²) < 4.78 is 10.6. The topological polar surface area (TPSA) is 17.1 Å². The van der Waals surface area contributed by atoms with Crippen LogP contribution in [0.4, 0.5) is 0 Å². The van der Waals surface area contributed by atoms with Gasteiger partial charge in [-0.1, -0.05) is 5.57 Å². The maximum Gasteiger partial charge on any atom is 0.274 e. The summed E-state index contributed by atoms with van der Waals surface area (Å²) in [5.74, 6) is -1.45. The van der Waals surface area contributed by atoms with Gasteiger partial charge in [0.05, 0.1) is 0 Å². The minimum atomic E-state index is -3.04. The van der Waals surface area contributed by atoms with E-state index in [4.69, 9.17) is 34.1 Å². The van der Waals surface area contributed by atoms with Crippen LogP contribution in [0.15, 0.2) is 11.4 Å². The van der Waals surface area contributed by atoms with Gasteiger partial charge in [0.25, 0.3) is 5.85 Å². The van der Waals surface area contributed by atoms with Crippen LogP contribution >= 0.6 is 39.9 Å². The molecule has 1 nitrogen and oxygen atoms in total. The van der Waals surface area contributed by atoms with Crippen LogP contribution in [0.5, 0.6) is 0 Å². The molecule has 0 N–H and O–H groups in total. The molecule has 9 heavy (non-hydrogen) atoms. The maximum atomic E-state index is 10.6. The first-order valence-electron chi connectivity index (χ1n) is 2.19. The molecule has 0 aliphatic carbocycles. The van der Waals surface area contributed by atoms with Crippen molar-refractivity contribution in [3.05, 3.63) is 11.4 Å². The van der Waals surface area contributed by atoms with Crippen LogP contribution in [0.2, 0.25) is 0 Å². The number of hydrogen-bond acceptors (Lipinski definition) is 1. The highest BCUT2D eigenvalue weighted by Gasteiger charge is 2.08. The molecule has 0 spiro atoms. The van der Waals surface area contributed by atoms with Crippen LogP contribution in [0.3, 0.4) is 0 Å². The van der Waals surface area contributed by atoms with Gasteiger partial charge in [-0.05, 0) is 29.4 Å².